The lowest BCUT2D eigenvalue weighted by atomic mass is 9.94. The van der Waals surface area contributed by atoms with Crippen molar-refractivity contribution in [3.63, 3.8) is 0 Å². The van der Waals surface area contributed by atoms with Crippen LogP contribution in [0, 0.1) is 5.92 Å². The van der Waals surface area contributed by atoms with E-state index in [0.29, 0.717) is 5.56 Å². The number of esters is 1. The van der Waals surface area contributed by atoms with Crippen LogP contribution in [0.4, 0.5) is 5.82 Å². The smallest absolute Gasteiger partial charge is 0.351 e. The van der Waals surface area contributed by atoms with E-state index in [4.69, 9.17) is 13.9 Å². The first-order valence-corrected chi connectivity index (χ1v) is 15.3. The lowest BCUT2D eigenvalue weighted by Gasteiger charge is -2.40. The number of carbonyl (C=O) groups is 2. The third kappa shape index (κ3) is 6.72. The molecule has 11 heteroatoms. The molecule has 37 heavy (non-hydrogen) atoms. The molecule has 1 aromatic heterocycles. The van der Waals surface area contributed by atoms with Crippen LogP contribution >= 0.6 is 0 Å². The predicted molar refractivity (Wildman–Crippen MR) is 141 cm³/mol. The Bertz CT molecular complexity index is 1150. The molecule has 1 amide bonds. The number of rotatable bonds is 9. The highest BCUT2D eigenvalue weighted by atomic mass is 28.4. The Kier molecular flexibility index (Phi) is 9.06. The van der Waals surface area contributed by atoms with Crippen molar-refractivity contribution in [2.24, 2.45) is 5.92 Å². The van der Waals surface area contributed by atoms with E-state index < -0.39 is 50.2 Å². The fraction of sp³-hybridized carbons (Fsp3) is 0.538. The van der Waals surface area contributed by atoms with E-state index in [0.717, 1.165) is 0 Å². The monoisotopic (exact) mass is 531 g/mol. The summed E-state index contributed by atoms with van der Waals surface area (Å²) in [4.78, 5) is 42.0. The summed E-state index contributed by atoms with van der Waals surface area (Å²) < 4.78 is 19.2. The zero-order valence-corrected chi connectivity index (χ0v) is 23.3. The minimum atomic E-state index is -2.39. The van der Waals surface area contributed by atoms with E-state index in [9.17, 15) is 19.5 Å². The summed E-state index contributed by atoms with van der Waals surface area (Å²) in [5.74, 6) is -1.26. The first-order chi connectivity index (χ1) is 17.4. The largest absolute Gasteiger partial charge is 0.466 e. The van der Waals surface area contributed by atoms with Gasteiger partial charge in [0.1, 0.15) is 5.82 Å². The number of amides is 1. The van der Waals surface area contributed by atoms with Gasteiger partial charge in [0.2, 0.25) is 0 Å². The molecule has 1 fully saturated rings. The molecule has 1 aliphatic heterocycles. The predicted octanol–water partition coefficient (Wildman–Crippen LogP) is 3.35. The van der Waals surface area contributed by atoms with Crippen LogP contribution in [0.25, 0.3) is 0 Å². The fourth-order valence-corrected chi connectivity index (χ4v) is 5.28. The lowest BCUT2D eigenvalue weighted by molar-refractivity contribution is -0.145. The van der Waals surface area contributed by atoms with Crippen molar-refractivity contribution in [2.75, 3.05) is 18.5 Å². The first-order valence-electron chi connectivity index (χ1n) is 12.4. The van der Waals surface area contributed by atoms with E-state index >= 15 is 0 Å². The van der Waals surface area contributed by atoms with Crippen LogP contribution in [0.2, 0.25) is 18.1 Å². The van der Waals surface area contributed by atoms with Crippen molar-refractivity contribution in [3.05, 3.63) is 58.6 Å². The molecule has 2 aromatic rings. The average Bonchev–Trinajstić information content (AvgIpc) is 3.15. The van der Waals surface area contributed by atoms with Crippen LogP contribution in [0.3, 0.4) is 0 Å². The molecule has 1 aromatic carbocycles. The molecule has 0 unspecified atom stereocenters. The minimum Gasteiger partial charge on any atom is -0.466 e. The maximum absolute atomic E-state index is 13.1. The molecule has 2 heterocycles. The van der Waals surface area contributed by atoms with Gasteiger partial charge in [-0.1, -0.05) is 39.0 Å². The normalized spacial score (nSPS) is 22.0. The van der Waals surface area contributed by atoms with Crippen LogP contribution in [0.5, 0.6) is 0 Å². The number of carbonyl (C=O) groups excluding carboxylic acids is 2. The first kappa shape index (κ1) is 28.7. The van der Waals surface area contributed by atoms with Gasteiger partial charge in [0.15, 0.2) is 14.5 Å². The maximum atomic E-state index is 13.1. The number of anilines is 1. The van der Waals surface area contributed by atoms with Gasteiger partial charge >= 0.3 is 11.7 Å². The van der Waals surface area contributed by atoms with Crippen molar-refractivity contribution in [2.45, 2.75) is 70.7 Å². The van der Waals surface area contributed by atoms with Gasteiger partial charge in [0.25, 0.3) is 5.91 Å². The number of nitrogens with zero attached hydrogens (tertiary/aromatic N) is 2. The highest BCUT2D eigenvalue weighted by molar-refractivity contribution is 6.74. The topological polar surface area (TPSA) is 129 Å². The molecule has 0 radical (unpaired) electrons. The van der Waals surface area contributed by atoms with E-state index in [1.54, 1.807) is 37.3 Å². The Hall–Kier alpha value is -2.86. The average molecular weight is 532 g/mol. The Balaban J connectivity index is 1.93. The molecule has 3 rings (SSSR count). The number of benzene rings is 1. The molecular weight excluding hydrogens is 494 g/mol. The van der Waals surface area contributed by atoms with Crippen LogP contribution in [-0.2, 0) is 18.7 Å². The fourth-order valence-electron chi connectivity index (χ4n) is 3.96. The minimum absolute atomic E-state index is 0.0255. The molecular formula is C26H37N3O7Si. The van der Waals surface area contributed by atoms with Crippen molar-refractivity contribution in [1.29, 1.82) is 0 Å². The zero-order valence-electron chi connectivity index (χ0n) is 22.3. The molecule has 1 saturated heterocycles. The summed E-state index contributed by atoms with van der Waals surface area (Å²) in [6.45, 7) is 12.0. The highest BCUT2D eigenvalue weighted by Gasteiger charge is 2.51. The van der Waals surface area contributed by atoms with Crippen LogP contribution in [0.1, 0.15) is 50.7 Å². The number of aromatic nitrogens is 2. The van der Waals surface area contributed by atoms with E-state index in [-0.39, 0.29) is 30.5 Å². The molecule has 202 valence electrons. The highest BCUT2D eigenvalue weighted by Crippen LogP contribution is 2.44. The molecule has 1 aliphatic rings. The van der Waals surface area contributed by atoms with Crippen molar-refractivity contribution in [3.8, 4) is 0 Å². The third-order valence-corrected chi connectivity index (χ3v) is 11.5. The summed E-state index contributed by atoms with van der Waals surface area (Å²) in [6, 6.07) is 10.1. The van der Waals surface area contributed by atoms with Crippen LogP contribution < -0.4 is 11.0 Å². The van der Waals surface area contributed by atoms with Gasteiger partial charge in [-0.05, 0) is 43.3 Å². The number of nitrogens with one attached hydrogen (secondary N) is 1. The summed E-state index contributed by atoms with van der Waals surface area (Å²) in [7, 11) is -2.39. The number of aliphatic hydroxyl groups is 1. The lowest BCUT2D eigenvalue weighted by Crippen LogP contribution is -2.48. The SMILES string of the molecule is CCOC(=O)C[C@H]1[C@@H](O[Si](C)(C)C(C)(C)C)[C@H](n2ccc(NC(=O)c3ccccc3)nc2=O)O[C@@H]1CO. The number of ether oxygens (including phenoxy) is 2. The van der Waals surface area contributed by atoms with E-state index in [1.807, 2.05) is 0 Å². The van der Waals surface area contributed by atoms with Gasteiger partial charge in [0.05, 0.1) is 31.8 Å². The second-order valence-electron chi connectivity index (χ2n) is 10.6. The van der Waals surface area contributed by atoms with Gasteiger partial charge in [-0.2, -0.15) is 4.98 Å². The molecule has 4 atom stereocenters. The van der Waals surface area contributed by atoms with Gasteiger partial charge in [-0.3, -0.25) is 14.2 Å². The molecule has 10 nitrogen and oxygen atoms in total. The molecule has 0 spiro atoms. The van der Waals surface area contributed by atoms with E-state index in [2.05, 4.69) is 44.2 Å². The van der Waals surface area contributed by atoms with Gasteiger partial charge in [-0.15, -0.1) is 0 Å². The Labute approximate surface area is 218 Å². The zero-order chi connectivity index (χ0) is 27.4. The maximum Gasteiger partial charge on any atom is 0.351 e. The summed E-state index contributed by atoms with van der Waals surface area (Å²) in [5, 5.41) is 12.5. The second kappa shape index (κ2) is 11.7. The van der Waals surface area contributed by atoms with Gasteiger partial charge in [-0.25, -0.2) is 4.79 Å². The molecule has 0 bridgehead atoms. The molecule has 0 saturated carbocycles. The standard InChI is InChI=1S/C26H37N3O7Si/c1-7-34-21(31)15-18-19(16-30)35-24(22(18)36-37(5,6)26(2,3)4)29-14-13-20(28-25(29)33)27-23(32)17-11-9-8-10-12-17/h8-14,18-19,22,24,30H,7,15-16H2,1-6H3,(H,27,28,32,33)/t18-,19-,22-,24-/m1/s1. The Morgan fingerprint density at radius 1 is 1.19 bits per heavy atom. The molecule has 2 N–H and O–H groups in total. The summed E-state index contributed by atoms with van der Waals surface area (Å²) in [5.41, 5.74) is -0.226. The number of hydrogen-bond donors (Lipinski definition) is 2. The summed E-state index contributed by atoms with van der Waals surface area (Å²) in [6.07, 6.45) is -0.920. The van der Waals surface area contributed by atoms with Crippen molar-refractivity contribution in [1.82, 2.24) is 9.55 Å². The Morgan fingerprint density at radius 2 is 1.86 bits per heavy atom. The van der Waals surface area contributed by atoms with Gasteiger partial charge < -0.3 is 24.3 Å². The Morgan fingerprint density at radius 3 is 2.43 bits per heavy atom. The van der Waals surface area contributed by atoms with Crippen molar-refractivity contribution < 1.29 is 28.6 Å². The van der Waals surface area contributed by atoms with Crippen LogP contribution in [-0.4, -0.2) is 60.3 Å². The van der Waals surface area contributed by atoms with Crippen molar-refractivity contribution >= 4 is 26.0 Å². The van der Waals surface area contributed by atoms with Crippen LogP contribution in [0.15, 0.2) is 47.4 Å². The third-order valence-electron chi connectivity index (χ3n) is 7.00. The molecule has 0 aliphatic carbocycles. The quantitative estimate of drug-likeness (QED) is 0.372. The number of hydrogen-bond acceptors (Lipinski definition) is 8. The van der Waals surface area contributed by atoms with Gasteiger partial charge in [0, 0.05) is 17.7 Å². The van der Waals surface area contributed by atoms with E-state index in [1.165, 1.54) is 16.8 Å². The second-order valence-corrected chi connectivity index (χ2v) is 15.3. The summed E-state index contributed by atoms with van der Waals surface area (Å²) >= 11 is 0. The number of aliphatic hydroxyl groups excluding tert-OH is 1.